The lowest BCUT2D eigenvalue weighted by Crippen LogP contribution is -2.44. The van der Waals surface area contributed by atoms with Crippen molar-refractivity contribution in [1.29, 1.82) is 0 Å². The van der Waals surface area contributed by atoms with E-state index in [9.17, 15) is 0 Å². The van der Waals surface area contributed by atoms with Crippen molar-refractivity contribution in [2.75, 3.05) is 39.3 Å². The zero-order valence-electron chi connectivity index (χ0n) is 16.6. The Labute approximate surface area is 188 Å². The number of guanidine groups is 1. The van der Waals surface area contributed by atoms with Crippen LogP contribution in [-0.4, -0.2) is 56.3 Å². The van der Waals surface area contributed by atoms with Crippen LogP contribution in [0.15, 0.2) is 45.3 Å². The number of aliphatic imine (C=N–C) groups is 1. The second-order valence-corrected chi connectivity index (χ2v) is 7.66. The number of rotatable bonds is 8. The summed E-state index contributed by atoms with van der Waals surface area (Å²) >= 11 is 1.80. The molecule has 0 aromatic carbocycles. The van der Waals surface area contributed by atoms with E-state index in [-0.39, 0.29) is 36.1 Å². The zero-order chi connectivity index (χ0) is 18.9. The quantitative estimate of drug-likeness (QED) is 0.318. The molecule has 1 aliphatic rings. The highest BCUT2D eigenvalue weighted by Gasteiger charge is 2.26. The van der Waals surface area contributed by atoms with E-state index in [2.05, 4.69) is 46.9 Å². The second-order valence-electron chi connectivity index (χ2n) is 6.68. The number of nitrogens with zero attached hydrogens (tertiary/aromatic N) is 2. The molecule has 3 heterocycles. The molecule has 0 amide bonds. The Morgan fingerprint density at radius 3 is 2.93 bits per heavy atom. The monoisotopic (exact) mass is 518 g/mol. The Morgan fingerprint density at radius 2 is 2.25 bits per heavy atom. The normalized spacial score (nSPS) is 19.1. The van der Waals surface area contributed by atoms with E-state index < -0.39 is 0 Å². The van der Waals surface area contributed by atoms with Gasteiger partial charge in [-0.1, -0.05) is 6.07 Å². The van der Waals surface area contributed by atoms with Gasteiger partial charge in [-0.15, -0.1) is 35.3 Å². The number of morpholine rings is 1. The molecule has 2 atom stereocenters. The summed E-state index contributed by atoms with van der Waals surface area (Å²) < 4.78 is 11.1. The molecular weight excluding hydrogens is 487 g/mol. The molecule has 0 saturated carbocycles. The predicted molar refractivity (Wildman–Crippen MR) is 126 cm³/mol. The Hall–Kier alpha value is -1.10. The summed E-state index contributed by atoms with van der Waals surface area (Å²) in [6, 6.07) is 8.54. The fraction of sp³-hybridized carbons (Fsp3) is 0.550. The SMILES string of the molecule is CCNC(=NCC(c1cccs1)N1CCOC(C)C1)NCCc1ccco1.I. The molecular formula is C20H31IN4O2S. The summed E-state index contributed by atoms with van der Waals surface area (Å²) in [4.78, 5) is 8.73. The third-order valence-electron chi connectivity index (χ3n) is 4.60. The van der Waals surface area contributed by atoms with Gasteiger partial charge in [-0.05, 0) is 37.4 Å². The molecule has 2 N–H and O–H groups in total. The van der Waals surface area contributed by atoms with E-state index in [1.807, 2.05) is 12.1 Å². The first-order chi connectivity index (χ1) is 13.3. The number of ether oxygens (including phenoxy) is 1. The van der Waals surface area contributed by atoms with Gasteiger partial charge in [-0.3, -0.25) is 9.89 Å². The molecule has 28 heavy (non-hydrogen) atoms. The lowest BCUT2D eigenvalue weighted by molar-refractivity contribution is -0.0327. The molecule has 0 radical (unpaired) electrons. The molecule has 6 nitrogen and oxygen atoms in total. The Balaban J connectivity index is 0.00000280. The summed E-state index contributed by atoms with van der Waals surface area (Å²) in [5, 5.41) is 8.90. The smallest absolute Gasteiger partial charge is 0.191 e. The highest BCUT2D eigenvalue weighted by atomic mass is 127. The van der Waals surface area contributed by atoms with Gasteiger partial charge >= 0.3 is 0 Å². The lowest BCUT2D eigenvalue weighted by atomic mass is 10.1. The fourth-order valence-corrected chi connectivity index (χ4v) is 4.13. The van der Waals surface area contributed by atoms with E-state index in [0.29, 0.717) is 0 Å². The molecule has 8 heteroatoms. The maximum absolute atomic E-state index is 5.72. The summed E-state index contributed by atoms with van der Waals surface area (Å²) in [7, 11) is 0. The maximum atomic E-state index is 5.72. The number of hydrogen-bond donors (Lipinski definition) is 2. The Bertz CT molecular complexity index is 678. The molecule has 1 saturated heterocycles. The third-order valence-corrected chi connectivity index (χ3v) is 5.57. The predicted octanol–water partition coefficient (Wildman–Crippen LogP) is 3.52. The van der Waals surface area contributed by atoms with Crippen molar-refractivity contribution in [1.82, 2.24) is 15.5 Å². The standard InChI is InChI=1S/C20H30N4O2S.HI/c1-3-21-20(22-9-8-17-6-4-11-26-17)23-14-18(19-7-5-13-27-19)24-10-12-25-16(2)15-24;/h4-7,11,13,16,18H,3,8-10,12,14-15H2,1-2H3,(H2,21,22,23);1H. The third kappa shape index (κ3) is 7.06. The van der Waals surface area contributed by atoms with Crippen LogP contribution in [0.5, 0.6) is 0 Å². The first-order valence-electron chi connectivity index (χ1n) is 9.70. The fourth-order valence-electron chi connectivity index (χ4n) is 3.27. The molecule has 0 aliphatic carbocycles. The first-order valence-corrected chi connectivity index (χ1v) is 10.6. The van der Waals surface area contributed by atoms with E-state index in [1.54, 1.807) is 17.6 Å². The summed E-state index contributed by atoms with van der Waals surface area (Å²) in [5.41, 5.74) is 0. The van der Waals surface area contributed by atoms with Crippen molar-refractivity contribution in [3.8, 4) is 0 Å². The maximum Gasteiger partial charge on any atom is 0.191 e. The van der Waals surface area contributed by atoms with Crippen molar-refractivity contribution in [3.63, 3.8) is 0 Å². The average molecular weight is 518 g/mol. The van der Waals surface area contributed by atoms with Crippen LogP contribution >= 0.6 is 35.3 Å². The molecule has 1 aliphatic heterocycles. The molecule has 2 unspecified atom stereocenters. The first kappa shape index (κ1) is 23.2. The van der Waals surface area contributed by atoms with Gasteiger partial charge in [-0.25, -0.2) is 0 Å². The van der Waals surface area contributed by atoms with Gasteiger partial charge in [0.2, 0.25) is 0 Å². The molecule has 3 rings (SSSR count). The van der Waals surface area contributed by atoms with Crippen LogP contribution in [-0.2, 0) is 11.2 Å². The van der Waals surface area contributed by atoms with Crippen LogP contribution in [0.4, 0.5) is 0 Å². The van der Waals surface area contributed by atoms with E-state index in [4.69, 9.17) is 14.1 Å². The van der Waals surface area contributed by atoms with Crippen LogP contribution in [0.2, 0.25) is 0 Å². The largest absolute Gasteiger partial charge is 0.469 e. The van der Waals surface area contributed by atoms with Gasteiger partial charge in [0.1, 0.15) is 5.76 Å². The highest BCUT2D eigenvalue weighted by molar-refractivity contribution is 14.0. The topological polar surface area (TPSA) is 62.0 Å². The van der Waals surface area contributed by atoms with Crippen molar-refractivity contribution in [2.45, 2.75) is 32.4 Å². The zero-order valence-corrected chi connectivity index (χ0v) is 19.7. The van der Waals surface area contributed by atoms with Gasteiger partial charge in [-0.2, -0.15) is 0 Å². The van der Waals surface area contributed by atoms with Gasteiger partial charge in [0, 0.05) is 37.5 Å². The average Bonchev–Trinajstić information content (AvgIpc) is 3.36. The molecule has 156 valence electrons. The molecule has 0 bridgehead atoms. The molecule has 2 aromatic heterocycles. The van der Waals surface area contributed by atoms with E-state index in [1.165, 1.54) is 4.88 Å². The van der Waals surface area contributed by atoms with Gasteiger partial charge < -0.3 is 19.8 Å². The number of halogens is 1. The van der Waals surface area contributed by atoms with Crippen molar-refractivity contribution < 1.29 is 9.15 Å². The van der Waals surface area contributed by atoms with Crippen LogP contribution < -0.4 is 10.6 Å². The lowest BCUT2D eigenvalue weighted by Gasteiger charge is -2.36. The Kier molecular flexibility index (Phi) is 10.3. The minimum absolute atomic E-state index is 0. The summed E-state index contributed by atoms with van der Waals surface area (Å²) in [6.07, 6.45) is 2.82. The van der Waals surface area contributed by atoms with E-state index >= 15 is 0 Å². The van der Waals surface area contributed by atoms with E-state index in [0.717, 1.165) is 57.5 Å². The second kappa shape index (κ2) is 12.5. The molecule has 0 spiro atoms. The van der Waals surface area contributed by atoms with Crippen LogP contribution in [0.3, 0.4) is 0 Å². The number of thiophene rings is 1. The minimum Gasteiger partial charge on any atom is -0.469 e. The van der Waals surface area contributed by atoms with Crippen molar-refractivity contribution in [2.24, 2.45) is 4.99 Å². The minimum atomic E-state index is 0. The molecule has 1 fully saturated rings. The van der Waals surface area contributed by atoms with Gasteiger partial charge in [0.15, 0.2) is 5.96 Å². The van der Waals surface area contributed by atoms with Crippen molar-refractivity contribution >= 4 is 41.3 Å². The van der Waals surface area contributed by atoms with Crippen molar-refractivity contribution in [3.05, 3.63) is 46.5 Å². The van der Waals surface area contributed by atoms with Crippen LogP contribution in [0.25, 0.3) is 0 Å². The summed E-state index contributed by atoms with van der Waals surface area (Å²) in [5.74, 6) is 1.84. The number of nitrogens with one attached hydrogen (secondary N) is 2. The molecule has 2 aromatic rings. The number of furan rings is 1. The van der Waals surface area contributed by atoms with Gasteiger partial charge in [0.05, 0.1) is 31.6 Å². The number of hydrogen-bond acceptors (Lipinski definition) is 5. The Morgan fingerprint density at radius 1 is 1.36 bits per heavy atom. The summed E-state index contributed by atoms with van der Waals surface area (Å²) in [6.45, 7) is 9.26. The van der Waals surface area contributed by atoms with Gasteiger partial charge in [0.25, 0.3) is 0 Å². The van der Waals surface area contributed by atoms with Crippen LogP contribution in [0.1, 0.15) is 30.5 Å². The highest BCUT2D eigenvalue weighted by Crippen LogP contribution is 2.27. The van der Waals surface area contributed by atoms with Crippen LogP contribution in [0, 0.1) is 0 Å².